The highest BCUT2D eigenvalue weighted by Gasteiger charge is 2.46. The van der Waals surface area contributed by atoms with Crippen molar-refractivity contribution in [1.82, 2.24) is 14.6 Å². The molecule has 2 aliphatic heterocycles. The lowest BCUT2D eigenvalue weighted by atomic mass is 10.0. The maximum atomic E-state index is 12.5. The Balaban J connectivity index is 1.65. The molecule has 2 saturated heterocycles. The van der Waals surface area contributed by atoms with E-state index in [4.69, 9.17) is 4.74 Å². The first kappa shape index (κ1) is 15.4. The molecule has 3 rings (SSSR count). The number of amides is 1. The number of nitrogens with zero attached hydrogens (tertiary/aromatic N) is 2. The summed E-state index contributed by atoms with van der Waals surface area (Å²) in [7, 11) is -1.92. The number of carbonyl (C=O) groups excluding carboxylic acids is 1. The number of hydrogen-bond acceptors (Lipinski definition) is 5. The Morgan fingerprint density at radius 1 is 1.50 bits per heavy atom. The fraction of sp³-hybridized carbons (Fsp3) is 0.571. The average Bonchev–Trinajstić information content (AvgIpc) is 3.06. The lowest BCUT2D eigenvalue weighted by Crippen LogP contribution is -2.32. The summed E-state index contributed by atoms with van der Waals surface area (Å²) in [5.74, 6) is 0.103. The third-order valence-electron chi connectivity index (χ3n) is 4.24. The van der Waals surface area contributed by atoms with Crippen LogP contribution in [-0.2, 0) is 19.6 Å². The van der Waals surface area contributed by atoms with Gasteiger partial charge in [-0.1, -0.05) is 0 Å². The van der Waals surface area contributed by atoms with Gasteiger partial charge in [-0.3, -0.25) is 9.78 Å². The summed E-state index contributed by atoms with van der Waals surface area (Å²) in [6, 6.07) is 3.16. The van der Waals surface area contributed by atoms with Crippen molar-refractivity contribution in [1.29, 1.82) is 0 Å². The standard InChI is InChI=1S/C14H19N3O4S/c1-15-14(18)6-11-5-10-8-17(9-13(10)21-11)22(19,20)12-3-2-4-16-7-12/h2-4,7,10-11,13H,5-6,8-9H2,1H3,(H,15,18)/t10-,11-,13+/m1/s1. The highest BCUT2D eigenvalue weighted by Crippen LogP contribution is 2.36. The van der Waals surface area contributed by atoms with Gasteiger partial charge in [-0.25, -0.2) is 8.42 Å². The van der Waals surface area contributed by atoms with Crippen molar-refractivity contribution in [2.75, 3.05) is 20.1 Å². The van der Waals surface area contributed by atoms with E-state index in [1.807, 2.05) is 0 Å². The van der Waals surface area contributed by atoms with Crippen LogP contribution in [0.1, 0.15) is 12.8 Å². The van der Waals surface area contributed by atoms with Crippen LogP contribution in [0.2, 0.25) is 0 Å². The van der Waals surface area contributed by atoms with Gasteiger partial charge in [-0.15, -0.1) is 0 Å². The van der Waals surface area contributed by atoms with Crippen molar-refractivity contribution in [2.45, 2.75) is 29.9 Å². The van der Waals surface area contributed by atoms with Crippen LogP contribution in [0.4, 0.5) is 0 Å². The minimum atomic E-state index is -3.51. The van der Waals surface area contributed by atoms with Gasteiger partial charge in [0.1, 0.15) is 4.90 Å². The van der Waals surface area contributed by atoms with Crippen molar-refractivity contribution in [3.63, 3.8) is 0 Å². The van der Waals surface area contributed by atoms with Crippen LogP contribution in [0, 0.1) is 5.92 Å². The molecule has 0 aliphatic carbocycles. The third kappa shape index (κ3) is 2.86. The fourth-order valence-corrected chi connectivity index (χ4v) is 4.58. The molecule has 1 N–H and O–H groups in total. The SMILES string of the molecule is CNC(=O)C[C@H]1C[C@@H]2CN(S(=O)(=O)c3cccnc3)C[C@@H]2O1. The van der Waals surface area contributed by atoms with Crippen LogP contribution in [0.3, 0.4) is 0 Å². The molecule has 2 aliphatic rings. The Bertz CT molecular complexity index is 635. The average molecular weight is 325 g/mol. The van der Waals surface area contributed by atoms with E-state index in [0.29, 0.717) is 19.5 Å². The van der Waals surface area contributed by atoms with Crippen LogP contribution in [0.25, 0.3) is 0 Å². The zero-order valence-electron chi connectivity index (χ0n) is 12.3. The van der Waals surface area contributed by atoms with Crippen molar-refractivity contribution in [2.24, 2.45) is 5.92 Å². The first-order valence-corrected chi connectivity index (χ1v) is 8.71. The minimum Gasteiger partial charge on any atom is -0.373 e. The molecule has 1 aromatic heterocycles. The number of hydrogen-bond donors (Lipinski definition) is 1. The van der Waals surface area contributed by atoms with E-state index in [1.54, 1.807) is 25.4 Å². The highest BCUT2D eigenvalue weighted by atomic mass is 32.2. The van der Waals surface area contributed by atoms with Gasteiger partial charge in [0, 0.05) is 38.4 Å². The molecule has 0 saturated carbocycles. The number of ether oxygens (including phenoxy) is 1. The predicted octanol–water partition coefficient (Wildman–Crippen LogP) is -0.00430. The number of fused-ring (bicyclic) bond motifs is 1. The Hall–Kier alpha value is -1.51. The smallest absolute Gasteiger partial charge is 0.244 e. The summed E-state index contributed by atoms with van der Waals surface area (Å²) in [6.45, 7) is 0.776. The second-order valence-electron chi connectivity index (χ2n) is 5.68. The van der Waals surface area contributed by atoms with Crippen molar-refractivity contribution >= 4 is 15.9 Å². The van der Waals surface area contributed by atoms with E-state index in [2.05, 4.69) is 10.3 Å². The van der Waals surface area contributed by atoms with Crippen LogP contribution < -0.4 is 5.32 Å². The molecule has 3 atom stereocenters. The minimum absolute atomic E-state index is 0.0511. The summed E-state index contributed by atoms with van der Waals surface area (Å²) < 4.78 is 32.4. The van der Waals surface area contributed by atoms with E-state index >= 15 is 0 Å². The van der Waals surface area contributed by atoms with Crippen LogP contribution in [-0.4, -0.2) is 56.0 Å². The summed E-state index contributed by atoms with van der Waals surface area (Å²) in [5.41, 5.74) is 0. The third-order valence-corrected chi connectivity index (χ3v) is 6.06. The zero-order valence-corrected chi connectivity index (χ0v) is 13.1. The van der Waals surface area contributed by atoms with E-state index in [-0.39, 0.29) is 28.9 Å². The summed E-state index contributed by atoms with van der Waals surface area (Å²) in [6.07, 6.45) is 3.72. The molecule has 1 amide bonds. The van der Waals surface area contributed by atoms with E-state index in [0.717, 1.165) is 6.42 Å². The summed E-state index contributed by atoms with van der Waals surface area (Å²) in [5, 5.41) is 2.58. The molecule has 0 spiro atoms. The second kappa shape index (κ2) is 5.94. The molecule has 0 bridgehead atoms. The fourth-order valence-electron chi connectivity index (χ4n) is 3.11. The Kier molecular flexibility index (Phi) is 4.16. The number of nitrogens with one attached hydrogen (secondary N) is 1. The van der Waals surface area contributed by atoms with Gasteiger partial charge in [-0.05, 0) is 18.6 Å². The predicted molar refractivity (Wildman–Crippen MR) is 78.4 cm³/mol. The largest absolute Gasteiger partial charge is 0.373 e. The number of aromatic nitrogens is 1. The molecule has 8 heteroatoms. The second-order valence-corrected chi connectivity index (χ2v) is 7.62. The lowest BCUT2D eigenvalue weighted by Gasteiger charge is -2.18. The van der Waals surface area contributed by atoms with Crippen molar-refractivity contribution < 1.29 is 17.9 Å². The van der Waals surface area contributed by atoms with Gasteiger partial charge in [0.2, 0.25) is 15.9 Å². The van der Waals surface area contributed by atoms with Crippen molar-refractivity contribution in [3.05, 3.63) is 24.5 Å². The molecule has 120 valence electrons. The summed E-state index contributed by atoms with van der Waals surface area (Å²) >= 11 is 0. The molecule has 7 nitrogen and oxygen atoms in total. The van der Waals surface area contributed by atoms with Gasteiger partial charge < -0.3 is 10.1 Å². The number of carbonyl (C=O) groups is 1. The van der Waals surface area contributed by atoms with E-state index < -0.39 is 10.0 Å². The topological polar surface area (TPSA) is 88.6 Å². The first-order chi connectivity index (χ1) is 10.5. The highest BCUT2D eigenvalue weighted by molar-refractivity contribution is 7.89. The molecule has 22 heavy (non-hydrogen) atoms. The van der Waals surface area contributed by atoms with E-state index in [1.165, 1.54) is 10.5 Å². The maximum absolute atomic E-state index is 12.5. The van der Waals surface area contributed by atoms with Gasteiger partial charge in [0.15, 0.2) is 0 Å². The maximum Gasteiger partial charge on any atom is 0.244 e. The first-order valence-electron chi connectivity index (χ1n) is 7.27. The van der Waals surface area contributed by atoms with Crippen molar-refractivity contribution in [3.8, 4) is 0 Å². The Morgan fingerprint density at radius 3 is 2.95 bits per heavy atom. The van der Waals surface area contributed by atoms with Gasteiger partial charge >= 0.3 is 0 Å². The molecular weight excluding hydrogens is 306 g/mol. The van der Waals surface area contributed by atoms with Crippen LogP contribution in [0.5, 0.6) is 0 Å². The van der Waals surface area contributed by atoms with Gasteiger partial charge in [0.05, 0.1) is 18.6 Å². The molecule has 2 fully saturated rings. The van der Waals surface area contributed by atoms with E-state index in [9.17, 15) is 13.2 Å². The molecule has 0 unspecified atom stereocenters. The molecule has 0 aromatic carbocycles. The monoisotopic (exact) mass is 325 g/mol. The normalized spacial score (nSPS) is 28.5. The number of pyridine rings is 1. The number of sulfonamides is 1. The van der Waals surface area contributed by atoms with Crippen LogP contribution in [0.15, 0.2) is 29.4 Å². The Morgan fingerprint density at radius 2 is 2.32 bits per heavy atom. The Labute approximate surface area is 129 Å². The number of rotatable bonds is 4. The molecule has 0 radical (unpaired) electrons. The van der Waals surface area contributed by atoms with Gasteiger partial charge in [0.25, 0.3) is 0 Å². The van der Waals surface area contributed by atoms with Gasteiger partial charge in [-0.2, -0.15) is 4.31 Å². The molecule has 1 aromatic rings. The quantitative estimate of drug-likeness (QED) is 0.841. The molecular formula is C14H19N3O4S. The summed E-state index contributed by atoms with van der Waals surface area (Å²) in [4.78, 5) is 15.5. The lowest BCUT2D eigenvalue weighted by molar-refractivity contribution is -0.123. The zero-order chi connectivity index (χ0) is 15.7. The molecule has 3 heterocycles. The van der Waals surface area contributed by atoms with Crippen LogP contribution >= 0.6 is 0 Å².